The van der Waals surface area contributed by atoms with Gasteiger partial charge in [0.2, 0.25) is 5.91 Å². The summed E-state index contributed by atoms with van der Waals surface area (Å²) in [5.41, 5.74) is 1.38. The van der Waals surface area contributed by atoms with Crippen molar-refractivity contribution in [3.8, 4) is 0 Å². The largest absolute Gasteiger partial charge is 0.346 e. The zero-order valence-corrected chi connectivity index (χ0v) is 12.2. The van der Waals surface area contributed by atoms with E-state index in [9.17, 15) is 4.79 Å². The summed E-state index contributed by atoms with van der Waals surface area (Å²) < 4.78 is 0. The van der Waals surface area contributed by atoms with E-state index in [2.05, 4.69) is 36.5 Å². The van der Waals surface area contributed by atoms with Gasteiger partial charge in [-0.3, -0.25) is 4.79 Å². The zero-order chi connectivity index (χ0) is 13.9. The second kappa shape index (κ2) is 9.56. The lowest BCUT2D eigenvalue weighted by Crippen LogP contribution is -2.30. The average molecular weight is 262 g/mol. The fourth-order valence-corrected chi connectivity index (χ4v) is 2.01. The zero-order valence-electron chi connectivity index (χ0n) is 12.2. The normalized spacial score (nSPS) is 10.4. The van der Waals surface area contributed by atoms with Crippen molar-refractivity contribution in [2.45, 2.75) is 32.6 Å². The van der Waals surface area contributed by atoms with E-state index in [1.54, 1.807) is 0 Å². The molecule has 0 aliphatic rings. The molecule has 1 rings (SSSR count). The number of hydrogen-bond acceptors (Lipinski definition) is 2. The van der Waals surface area contributed by atoms with Gasteiger partial charge in [0.05, 0.1) is 0 Å². The molecule has 0 atom stereocenters. The minimum Gasteiger partial charge on any atom is -0.346 e. The Morgan fingerprint density at radius 1 is 1.21 bits per heavy atom. The van der Waals surface area contributed by atoms with Crippen LogP contribution in [-0.2, 0) is 11.2 Å². The first-order chi connectivity index (χ1) is 9.24. The minimum atomic E-state index is 0.237. The van der Waals surface area contributed by atoms with Crippen LogP contribution < -0.4 is 5.32 Å². The quantitative estimate of drug-likeness (QED) is 0.693. The number of nitrogens with one attached hydrogen (secondary N) is 1. The third kappa shape index (κ3) is 6.97. The van der Waals surface area contributed by atoms with Crippen molar-refractivity contribution < 1.29 is 4.79 Å². The van der Waals surface area contributed by atoms with Gasteiger partial charge in [-0.25, -0.2) is 0 Å². The highest BCUT2D eigenvalue weighted by Crippen LogP contribution is 2.05. The van der Waals surface area contributed by atoms with E-state index in [0.29, 0.717) is 6.42 Å². The number of aryl methyl sites for hydroxylation is 1. The van der Waals surface area contributed by atoms with Gasteiger partial charge < -0.3 is 10.2 Å². The molecule has 1 N–H and O–H groups in total. The van der Waals surface area contributed by atoms with E-state index >= 15 is 0 Å². The van der Waals surface area contributed by atoms with Gasteiger partial charge in [-0.05, 0) is 31.4 Å². The molecule has 106 valence electrons. The van der Waals surface area contributed by atoms with Gasteiger partial charge >= 0.3 is 0 Å². The summed E-state index contributed by atoms with van der Waals surface area (Å²) >= 11 is 0. The van der Waals surface area contributed by atoms with Crippen molar-refractivity contribution in [1.82, 2.24) is 10.2 Å². The number of carbonyl (C=O) groups is 1. The molecule has 19 heavy (non-hydrogen) atoms. The molecule has 3 heteroatoms. The molecule has 3 nitrogen and oxygen atoms in total. The maximum Gasteiger partial charge on any atom is 0.223 e. The van der Waals surface area contributed by atoms with E-state index in [1.807, 2.05) is 18.0 Å². The van der Waals surface area contributed by atoms with Crippen LogP contribution >= 0.6 is 0 Å². The van der Waals surface area contributed by atoms with Crippen LogP contribution in [0.15, 0.2) is 30.3 Å². The lowest BCUT2D eigenvalue weighted by atomic mass is 10.1. The Morgan fingerprint density at radius 3 is 2.63 bits per heavy atom. The summed E-state index contributed by atoms with van der Waals surface area (Å²) in [7, 11) is 1.90. The maximum absolute atomic E-state index is 11.8. The molecule has 1 amide bonds. The second-order valence-corrected chi connectivity index (χ2v) is 4.86. The molecule has 0 unspecified atom stereocenters. The van der Waals surface area contributed by atoms with Gasteiger partial charge in [-0.2, -0.15) is 0 Å². The number of hydrogen-bond donors (Lipinski definition) is 1. The summed E-state index contributed by atoms with van der Waals surface area (Å²) in [5.74, 6) is 0.237. The molecule has 0 bridgehead atoms. The van der Waals surface area contributed by atoms with E-state index < -0.39 is 0 Å². The fraction of sp³-hybridized carbons (Fsp3) is 0.562. The summed E-state index contributed by atoms with van der Waals surface area (Å²) in [6, 6.07) is 10.5. The molecule has 0 heterocycles. The second-order valence-electron chi connectivity index (χ2n) is 4.86. The third-order valence-electron chi connectivity index (χ3n) is 3.24. The molecule has 0 aromatic heterocycles. The SMILES string of the molecule is CCNCCC(=O)N(C)CCCCc1ccccc1. The van der Waals surface area contributed by atoms with E-state index in [1.165, 1.54) is 5.56 Å². The van der Waals surface area contributed by atoms with Gasteiger partial charge in [0, 0.05) is 26.6 Å². The molecule has 0 saturated heterocycles. The summed E-state index contributed by atoms with van der Waals surface area (Å²) in [5, 5.41) is 3.18. The van der Waals surface area contributed by atoms with Crippen LogP contribution in [0.25, 0.3) is 0 Å². The van der Waals surface area contributed by atoms with Crippen LogP contribution in [-0.4, -0.2) is 37.5 Å². The lowest BCUT2D eigenvalue weighted by molar-refractivity contribution is -0.129. The first-order valence-electron chi connectivity index (χ1n) is 7.22. The number of carbonyl (C=O) groups excluding carboxylic acids is 1. The van der Waals surface area contributed by atoms with Crippen molar-refractivity contribution in [2.24, 2.45) is 0 Å². The first-order valence-corrected chi connectivity index (χ1v) is 7.22. The Bertz CT molecular complexity index is 351. The van der Waals surface area contributed by atoms with Gasteiger partial charge in [0.25, 0.3) is 0 Å². The Morgan fingerprint density at radius 2 is 1.95 bits per heavy atom. The van der Waals surface area contributed by atoms with Crippen molar-refractivity contribution in [3.63, 3.8) is 0 Å². The lowest BCUT2D eigenvalue weighted by Gasteiger charge is -2.17. The highest BCUT2D eigenvalue weighted by Gasteiger charge is 2.07. The van der Waals surface area contributed by atoms with Crippen LogP contribution in [0.1, 0.15) is 31.7 Å². The van der Waals surface area contributed by atoms with Crippen LogP contribution in [0, 0.1) is 0 Å². The minimum absolute atomic E-state index is 0.237. The molecule has 0 radical (unpaired) electrons. The van der Waals surface area contributed by atoms with Crippen molar-refractivity contribution >= 4 is 5.91 Å². The standard InChI is InChI=1S/C16H26N2O/c1-3-17-13-12-16(19)18(2)14-8-7-11-15-9-5-4-6-10-15/h4-6,9-10,17H,3,7-8,11-14H2,1-2H3. The van der Waals surface area contributed by atoms with E-state index in [0.717, 1.165) is 38.9 Å². The van der Waals surface area contributed by atoms with Crippen LogP contribution in [0.5, 0.6) is 0 Å². The van der Waals surface area contributed by atoms with Crippen molar-refractivity contribution in [2.75, 3.05) is 26.7 Å². The molecule has 1 aromatic rings. The smallest absolute Gasteiger partial charge is 0.223 e. The van der Waals surface area contributed by atoms with Crippen LogP contribution in [0.3, 0.4) is 0 Å². The van der Waals surface area contributed by atoms with E-state index in [4.69, 9.17) is 0 Å². The molecular formula is C16H26N2O. The molecule has 0 spiro atoms. The molecule has 1 aromatic carbocycles. The Kier molecular flexibility index (Phi) is 7.91. The molecule has 0 aliphatic heterocycles. The first kappa shape index (κ1) is 15.7. The van der Waals surface area contributed by atoms with Crippen molar-refractivity contribution in [3.05, 3.63) is 35.9 Å². The highest BCUT2D eigenvalue weighted by atomic mass is 16.2. The predicted molar refractivity (Wildman–Crippen MR) is 80.2 cm³/mol. The topological polar surface area (TPSA) is 32.3 Å². The number of amides is 1. The van der Waals surface area contributed by atoms with Gasteiger partial charge in [0.15, 0.2) is 0 Å². The van der Waals surface area contributed by atoms with Crippen molar-refractivity contribution in [1.29, 1.82) is 0 Å². The predicted octanol–water partition coefficient (Wildman–Crippen LogP) is 2.47. The molecule has 0 fully saturated rings. The summed E-state index contributed by atoms with van der Waals surface area (Å²) in [6.07, 6.45) is 3.90. The molecule has 0 saturated carbocycles. The van der Waals surface area contributed by atoms with Crippen LogP contribution in [0.2, 0.25) is 0 Å². The number of unbranched alkanes of at least 4 members (excludes halogenated alkanes) is 1. The number of nitrogens with zero attached hydrogens (tertiary/aromatic N) is 1. The van der Waals surface area contributed by atoms with Gasteiger partial charge in [-0.15, -0.1) is 0 Å². The van der Waals surface area contributed by atoms with E-state index in [-0.39, 0.29) is 5.91 Å². The summed E-state index contributed by atoms with van der Waals surface area (Å²) in [6.45, 7) is 4.62. The fourth-order valence-electron chi connectivity index (χ4n) is 2.01. The maximum atomic E-state index is 11.8. The molecular weight excluding hydrogens is 236 g/mol. The Labute approximate surface area is 117 Å². The monoisotopic (exact) mass is 262 g/mol. The number of benzene rings is 1. The Balaban J connectivity index is 2.09. The van der Waals surface area contributed by atoms with Gasteiger partial charge in [0.1, 0.15) is 0 Å². The summed E-state index contributed by atoms with van der Waals surface area (Å²) in [4.78, 5) is 13.6. The molecule has 0 aliphatic carbocycles. The van der Waals surface area contributed by atoms with Crippen LogP contribution in [0.4, 0.5) is 0 Å². The third-order valence-corrected chi connectivity index (χ3v) is 3.24. The number of rotatable bonds is 9. The highest BCUT2D eigenvalue weighted by molar-refractivity contribution is 5.76. The average Bonchev–Trinajstić information content (AvgIpc) is 2.44. The van der Waals surface area contributed by atoms with Gasteiger partial charge in [-0.1, -0.05) is 37.3 Å². The Hall–Kier alpha value is -1.35.